The summed E-state index contributed by atoms with van der Waals surface area (Å²) in [6, 6.07) is 12.7. The van der Waals surface area contributed by atoms with Crippen molar-refractivity contribution in [2.24, 2.45) is 11.8 Å². The smallest absolute Gasteiger partial charge is 0.310 e. The van der Waals surface area contributed by atoms with Crippen molar-refractivity contribution >= 4 is 28.6 Å². The van der Waals surface area contributed by atoms with E-state index in [0.29, 0.717) is 5.56 Å². The molecule has 2 aliphatic heterocycles. The molecule has 3 N–H and O–H groups in total. The summed E-state index contributed by atoms with van der Waals surface area (Å²) in [5.41, 5.74) is 4.18. The topological polar surface area (TPSA) is 105 Å². The van der Waals surface area contributed by atoms with Gasteiger partial charge in [-0.25, -0.2) is 0 Å². The summed E-state index contributed by atoms with van der Waals surface area (Å²) in [6.45, 7) is 1.67. The van der Waals surface area contributed by atoms with Crippen LogP contribution in [0.1, 0.15) is 17.3 Å². The van der Waals surface area contributed by atoms with Crippen molar-refractivity contribution in [3.8, 4) is 0 Å². The number of hydrazine groups is 1. The molecule has 2 aromatic carbocycles. The minimum Gasteiger partial charge on any atom is -0.481 e. The molecule has 4 atom stereocenters. The average Bonchev–Trinajstić information content (AvgIpc) is 3.19. The average molecular weight is 366 g/mol. The number of amides is 2. The van der Waals surface area contributed by atoms with E-state index in [4.69, 9.17) is 4.74 Å². The Balaban J connectivity index is 1.51. The van der Waals surface area contributed by atoms with Gasteiger partial charge in [-0.3, -0.25) is 25.2 Å². The Labute approximate surface area is 155 Å². The molecule has 1 fully saturated rings. The quantitative estimate of drug-likeness (QED) is 0.566. The van der Waals surface area contributed by atoms with Crippen molar-refractivity contribution in [1.82, 2.24) is 10.9 Å². The largest absolute Gasteiger partial charge is 0.481 e. The zero-order valence-corrected chi connectivity index (χ0v) is 14.5. The fourth-order valence-electron chi connectivity index (χ4n) is 3.97. The van der Waals surface area contributed by atoms with E-state index in [0.717, 1.165) is 10.8 Å². The first-order valence-electron chi connectivity index (χ1n) is 8.59. The van der Waals surface area contributed by atoms with Crippen LogP contribution < -0.4 is 10.9 Å². The molecule has 7 heteroatoms. The van der Waals surface area contributed by atoms with Gasteiger partial charge in [-0.05, 0) is 23.8 Å². The standard InChI is InChI=1S/C20H18N2O5/c1-20-10-9-14(27-20)15(19(25)26)16(20)18(24)22-21-17(23)13-8-4-6-11-5-2-3-7-12(11)13/h2-10,14-16H,1H3,(H,21,23)(H,22,24)(H,25,26)/t14-,15+,16+,20+/m1/s1. The lowest BCUT2D eigenvalue weighted by atomic mass is 9.76. The molecule has 138 valence electrons. The minimum absolute atomic E-state index is 0.415. The van der Waals surface area contributed by atoms with Crippen molar-refractivity contribution in [3.63, 3.8) is 0 Å². The number of fused-ring (bicyclic) bond motifs is 3. The van der Waals surface area contributed by atoms with E-state index in [1.54, 1.807) is 31.2 Å². The maximum atomic E-state index is 12.7. The summed E-state index contributed by atoms with van der Waals surface area (Å²) in [6.07, 6.45) is 2.72. The first-order valence-corrected chi connectivity index (χ1v) is 8.59. The third-order valence-corrected chi connectivity index (χ3v) is 5.24. The molecule has 0 aromatic heterocycles. The van der Waals surface area contributed by atoms with Crippen LogP contribution in [0.5, 0.6) is 0 Å². The lowest BCUT2D eigenvalue weighted by molar-refractivity contribution is -0.147. The Morgan fingerprint density at radius 3 is 2.59 bits per heavy atom. The SMILES string of the molecule is C[C@@]12C=C[C@@H](O1)[C@H](C(=O)O)[C@H]2C(=O)NNC(=O)c1cccc2ccccc12. The van der Waals surface area contributed by atoms with Crippen molar-refractivity contribution in [1.29, 1.82) is 0 Å². The number of hydrogen-bond acceptors (Lipinski definition) is 4. The fraction of sp³-hybridized carbons (Fsp3) is 0.250. The maximum absolute atomic E-state index is 12.7. The third-order valence-electron chi connectivity index (χ3n) is 5.24. The highest BCUT2D eigenvalue weighted by Crippen LogP contribution is 2.46. The molecular formula is C20H18N2O5. The van der Waals surface area contributed by atoms with Crippen LogP contribution in [0.2, 0.25) is 0 Å². The Bertz CT molecular complexity index is 980. The molecule has 1 saturated heterocycles. The van der Waals surface area contributed by atoms with E-state index < -0.39 is 41.3 Å². The highest BCUT2D eigenvalue weighted by molar-refractivity contribution is 6.07. The molecule has 7 nitrogen and oxygen atoms in total. The normalized spacial score (nSPS) is 28.3. The van der Waals surface area contributed by atoms with Crippen LogP contribution in [0.3, 0.4) is 0 Å². The van der Waals surface area contributed by atoms with Crippen LogP contribution in [0.25, 0.3) is 10.8 Å². The van der Waals surface area contributed by atoms with Gasteiger partial charge in [-0.15, -0.1) is 0 Å². The fourth-order valence-corrected chi connectivity index (χ4v) is 3.97. The van der Waals surface area contributed by atoms with Crippen molar-refractivity contribution in [2.45, 2.75) is 18.6 Å². The zero-order valence-electron chi connectivity index (χ0n) is 14.5. The molecule has 2 aliphatic rings. The second kappa shape index (κ2) is 6.21. The number of rotatable bonds is 3. The zero-order chi connectivity index (χ0) is 19.2. The van der Waals surface area contributed by atoms with Crippen molar-refractivity contribution in [3.05, 3.63) is 60.2 Å². The molecule has 0 saturated carbocycles. The monoisotopic (exact) mass is 366 g/mol. The maximum Gasteiger partial charge on any atom is 0.310 e. The summed E-state index contributed by atoms with van der Waals surface area (Å²) >= 11 is 0. The van der Waals surface area contributed by atoms with E-state index in [-0.39, 0.29) is 0 Å². The predicted molar refractivity (Wildman–Crippen MR) is 96.6 cm³/mol. The molecule has 2 bridgehead atoms. The summed E-state index contributed by atoms with van der Waals surface area (Å²) in [4.78, 5) is 36.8. The van der Waals surface area contributed by atoms with Crippen LogP contribution in [-0.2, 0) is 14.3 Å². The Morgan fingerprint density at radius 1 is 1.07 bits per heavy atom. The van der Waals surface area contributed by atoms with Gasteiger partial charge in [0.15, 0.2) is 0 Å². The van der Waals surface area contributed by atoms with Gasteiger partial charge < -0.3 is 9.84 Å². The van der Waals surface area contributed by atoms with Crippen LogP contribution in [0, 0.1) is 11.8 Å². The predicted octanol–water partition coefficient (Wildman–Crippen LogP) is 1.65. The van der Waals surface area contributed by atoms with Crippen LogP contribution >= 0.6 is 0 Å². The Morgan fingerprint density at radius 2 is 1.81 bits per heavy atom. The summed E-state index contributed by atoms with van der Waals surface area (Å²) in [5.74, 6) is -4.09. The van der Waals surface area contributed by atoms with Crippen LogP contribution in [0.4, 0.5) is 0 Å². The molecule has 2 heterocycles. The second-order valence-electron chi connectivity index (χ2n) is 6.94. The molecule has 0 spiro atoms. The van der Waals surface area contributed by atoms with Gasteiger partial charge in [0.25, 0.3) is 5.91 Å². The van der Waals surface area contributed by atoms with Gasteiger partial charge in [0.05, 0.1) is 17.6 Å². The number of hydrogen-bond donors (Lipinski definition) is 3. The number of carboxylic acid groups (broad SMARTS) is 1. The first kappa shape index (κ1) is 17.2. The van der Waals surface area contributed by atoms with Gasteiger partial charge in [-0.2, -0.15) is 0 Å². The van der Waals surface area contributed by atoms with E-state index in [1.165, 1.54) is 0 Å². The number of nitrogens with one attached hydrogen (secondary N) is 2. The number of carboxylic acids is 1. The van der Waals surface area contributed by atoms with E-state index in [2.05, 4.69) is 10.9 Å². The van der Waals surface area contributed by atoms with Gasteiger partial charge in [0, 0.05) is 5.56 Å². The highest BCUT2D eigenvalue weighted by atomic mass is 16.5. The highest BCUT2D eigenvalue weighted by Gasteiger charge is 2.59. The van der Waals surface area contributed by atoms with Crippen molar-refractivity contribution in [2.75, 3.05) is 0 Å². The summed E-state index contributed by atoms with van der Waals surface area (Å²) in [5, 5.41) is 11.1. The molecule has 2 amide bonds. The molecule has 0 radical (unpaired) electrons. The number of benzene rings is 2. The summed E-state index contributed by atoms with van der Waals surface area (Å²) in [7, 11) is 0. The van der Waals surface area contributed by atoms with Crippen molar-refractivity contribution < 1.29 is 24.2 Å². The van der Waals surface area contributed by atoms with E-state index in [9.17, 15) is 19.5 Å². The molecule has 27 heavy (non-hydrogen) atoms. The molecule has 0 aliphatic carbocycles. The van der Waals surface area contributed by atoms with E-state index in [1.807, 2.05) is 30.3 Å². The molecule has 2 aromatic rings. The lowest BCUT2D eigenvalue weighted by Gasteiger charge is -2.27. The van der Waals surface area contributed by atoms with Crippen LogP contribution in [-0.4, -0.2) is 34.6 Å². The van der Waals surface area contributed by atoms with Gasteiger partial charge >= 0.3 is 5.97 Å². The number of carbonyl (C=O) groups excluding carboxylic acids is 2. The number of ether oxygens (including phenoxy) is 1. The lowest BCUT2D eigenvalue weighted by Crippen LogP contribution is -2.52. The van der Waals surface area contributed by atoms with Crippen LogP contribution in [0.15, 0.2) is 54.6 Å². The number of carbonyl (C=O) groups is 3. The minimum atomic E-state index is -1.10. The Kier molecular flexibility index (Phi) is 3.96. The summed E-state index contributed by atoms with van der Waals surface area (Å²) < 4.78 is 5.65. The van der Waals surface area contributed by atoms with Gasteiger partial charge in [0.2, 0.25) is 5.91 Å². The Hall–Kier alpha value is -3.19. The second-order valence-corrected chi connectivity index (χ2v) is 6.94. The first-order chi connectivity index (χ1) is 12.9. The van der Waals surface area contributed by atoms with Gasteiger partial charge in [0.1, 0.15) is 5.92 Å². The molecular weight excluding hydrogens is 348 g/mol. The third kappa shape index (κ3) is 2.76. The number of aliphatic carboxylic acids is 1. The van der Waals surface area contributed by atoms with E-state index >= 15 is 0 Å². The molecule has 4 rings (SSSR count). The molecule has 0 unspecified atom stereocenters. The van der Waals surface area contributed by atoms with Gasteiger partial charge in [-0.1, -0.05) is 48.6 Å².